The van der Waals surface area contributed by atoms with E-state index in [1.54, 1.807) is 18.6 Å². The van der Waals surface area contributed by atoms with Crippen LogP contribution < -0.4 is 10.0 Å². The van der Waals surface area contributed by atoms with Gasteiger partial charge < -0.3 is 5.32 Å². The van der Waals surface area contributed by atoms with Gasteiger partial charge in [-0.1, -0.05) is 0 Å². The first-order chi connectivity index (χ1) is 9.12. The van der Waals surface area contributed by atoms with Gasteiger partial charge in [0.25, 0.3) is 10.2 Å². The Bertz CT molecular complexity index is 392. The third kappa shape index (κ3) is 5.94. The summed E-state index contributed by atoms with van der Waals surface area (Å²) in [5.41, 5.74) is 0. The van der Waals surface area contributed by atoms with Gasteiger partial charge in [0.2, 0.25) is 0 Å². The molecule has 1 aliphatic rings. The smallest absolute Gasteiger partial charge is 0.317 e. The molecule has 2 N–H and O–H groups in total. The highest BCUT2D eigenvalue weighted by Gasteiger charge is 2.33. The summed E-state index contributed by atoms with van der Waals surface area (Å²) >= 11 is 0. The molecule has 9 heteroatoms. The van der Waals surface area contributed by atoms with Gasteiger partial charge in [-0.25, -0.2) is 0 Å². The van der Waals surface area contributed by atoms with Gasteiger partial charge in [-0.3, -0.25) is 0 Å². The van der Waals surface area contributed by atoms with E-state index in [-0.39, 0.29) is 18.5 Å². The molecule has 20 heavy (non-hydrogen) atoms. The summed E-state index contributed by atoms with van der Waals surface area (Å²) in [4.78, 5) is 0. The van der Waals surface area contributed by atoms with Crippen molar-refractivity contribution in [3.05, 3.63) is 0 Å². The maximum absolute atomic E-state index is 12.2. The van der Waals surface area contributed by atoms with E-state index in [1.165, 1.54) is 0 Å². The van der Waals surface area contributed by atoms with Crippen molar-refractivity contribution in [1.29, 1.82) is 0 Å². The fourth-order valence-electron chi connectivity index (χ4n) is 2.16. The second-order valence-corrected chi connectivity index (χ2v) is 7.01. The van der Waals surface area contributed by atoms with Crippen molar-refractivity contribution < 1.29 is 21.6 Å². The van der Waals surface area contributed by atoms with Crippen LogP contribution >= 0.6 is 0 Å². The van der Waals surface area contributed by atoms with Crippen molar-refractivity contribution in [3.8, 4) is 0 Å². The summed E-state index contributed by atoms with van der Waals surface area (Å²) in [6.07, 6.45) is -2.89. The van der Waals surface area contributed by atoms with Gasteiger partial charge in [0.15, 0.2) is 0 Å². The minimum Gasteiger partial charge on any atom is -0.317 e. The number of nitrogens with zero attached hydrogens (tertiary/aromatic N) is 1. The van der Waals surface area contributed by atoms with Crippen molar-refractivity contribution in [2.24, 2.45) is 5.92 Å². The number of alkyl halides is 3. The quantitative estimate of drug-likeness (QED) is 0.771. The largest absolute Gasteiger partial charge is 0.402 e. The Labute approximate surface area is 118 Å². The molecule has 0 aromatic rings. The summed E-state index contributed by atoms with van der Waals surface area (Å²) in [7, 11) is -4.11. The van der Waals surface area contributed by atoms with Crippen LogP contribution in [0, 0.1) is 5.92 Å². The topological polar surface area (TPSA) is 61.4 Å². The fourth-order valence-corrected chi connectivity index (χ4v) is 3.64. The molecular weight excluding hydrogens is 295 g/mol. The van der Waals surface area contributed by atoms with Crippen LogP contribution in [0.15, 0.2) is 0 Å². The molecule has 0 aliphatic carbocycles. The Morgan fingerprint density at radius 3 is 2.30 bits per heavy atom. The molecule has 0 spiro atoms. The van der Waals surface area contributed by atoms with E-state index in [9.17, 15) is 21.6 Å². The second kappa shape index (κ2) is 7.06. The van der Waals surface area contributed by atoms with E-state index in [0.717, 1.165) is 30.2 Å². The van der Waals surface area contributed by atoms with E-state index >= 15 is 0 Å². The molecule has 1 fully saturated rings. The lowest BCUT2D eigenvalue weighted by atomic mass is 9.98. The van der Waals surface area contributed by atoms with E-state index in [4.69, 9.17) is 0 Å². The number of rotatable bonds is 6. The highest BCUT2D eigenvalue weighted by molar-refractivity contribution is 7.87. The molecule has 0 amide bonds. The average Bonchev–Trinajstić information content (AvgIpc) is 2.34. The number of piperidine rings is 1. The zero-order valence-electron chi connectivity index (χ0n) is 11.7. The Morgan fingerprint density at radius 1 is 1.30 bits per heavy atom. The van der Waals surface area contributed by atoms with Crippen LogP contribution in [0.25, 0.3) is 0 Å². The lowest BCUT2D eigenvalue weighted by Gasteiger charge is -2.32. The normalized spacial score (nSPS) is 18.9. The summed E-state index contributed by atoms with van der Waals surface area (Å²) in [6.45, 7) is 3.67. The molecule has 0 radical (unpaired) electrons. The lowest BCUT2D eigenvalue weighted by Crippen LogP contribution is -2.49. The monoisotopic (exact) mass is 317 g/mol. The van der Waals surface area contributed by atoms with Crippen molar-refractivity contribution in [1.82, 2.24) is 14.3 Å². The second-order valence-electron chi connectivity index (χ2n) is 5.30. The maximum Gasteiger partial charge on any atom is 0.402 e. The van der Waals surface area contributed by atoms with Gasteiger partial charge >= 0.3 is 6.18 Å². The number of hydrogen-bond donors (Lipinski definition) is 2. The van der Waals surface area contributed by atoms with Gasteiger partial charge in [0.1, 0.15) is 6.54 Å². The third-order valence-electron chi connectivity index (χ3n) is 3.24. The molecule has 0 saturated carbocycles. The molecule has 0 aromatic heterocycles. The number of halogens is 3. The zero-order valence-corrected chi connectivity index (χ0v) is 12.5. The molecule has 120 valence electrons. The van der Waals surface area contributed by atoms with E-state index in [0.29, 0.717) is 0 Å². The summed E-state index contributed by atoms with van der Waals surface area (Å²) in [5, 5.41) is 3.17. The first-order valence-electron chi connectivity index (χ1n) is 6.66. The van der Waals surface area contributed by atoms with Crippen molar-refractivity contribution in [2.75, 3.05) is 26.2 Å². The minimum atomic E-state index is -4.55. The maximum atomic E-state index is 12.2. The fraction of sp³-hybridized carbons (Fsp3) is 1.00. The first kappa shape index (κ1) is 17.7. The molecule has 0 unspecified atom stereocenters. The van der Waals surface area contributed by atoms with Crippen molar-refractivity contribution in [2.45, 2.75) is 38.9 Å². The van der Waals surface area contributed by atoms with Gasteiger partial charge in [0.05, 0.1) is 0 Å². The van der Waals surface area contributed by atoms with Crippen LogP contribution in [-0.2, 0) is 10.2 Å². The molecule has 1 aliphatic heterocycles. The molecule has 1 saturated heterocycles. The third-order valence-corrected chi connectivity index (χ3v) is 4.93. The number of nitrogens with one attached hydrogen (secondary N) is 2. The van der Waals surface area contributed by atoms with Gasteiger partial charge in [-0.15, -0.1) is 0 Å². The highest BCUT2D eigenvalue weighted by Crippen LogP contribution is 2.18. The predicted molar refractivity (Wildman–Crippen MR) is 70.4 cm³/mol. The first-order valence-corrected chi connectivity index (χ1v) is 8.10. The van der Waals surface area contributed by atoms with Gasteiger partial charge in [0, 0.05) is 12.6 Å². The highest BCUT2D eigenvalue weighted by atomic mass is 32.2. The lowest BCUT2D eigenvalue weighted by molar-refractivity contribution is -0.121. The summed E-state index contributed by atoms with van der Waals surface area (Å²) in [5.74, 6) is 0.182. The Morgan fingerprint density at radius 2 is 1.85 bits per heavy atom. The van der Waals surface area contributed by atoms with Crippen molar-refractivity contribution >= 4 is 10.2 Å². The molecule has 0 atom stereocenters. The van der Waals surface area contributed by atoms with E-state index in [1.807, 2.05) is 0 Å². The Hall–Kier alpha value is -0.380. The van der Waals surface area contributed by atoms with Crippen LogP contribution in [0.3, 0.4) is 0 Å². The molecular formula is C11H22F3N3O2S. The van der Waals surface area contributed by atoms with E-state index in [2.05, 4.69) is 5.32 Å². The van der Waals surface area contributed by atoms with Crippen LogP contribution in [-0.4, -0.2) is 51.1 Å². The summed E-state index contributed by atoms with van der Waals surface area (Å²) in [6, 6.07) is -0.379. The Balaban J connectivity index is 2.68. The SMILES string of the molecule is CC(C)N(CC1CCNCC1)S(=O)(=O)NCC(F)(F)F. The summed E-state index contributed by atoms with van der Waals surface area (Å²) < 4.78 is 63.2. The van der Waals surface area contributed by atoms with Gasteiger partial charge in [-0.05, 0) is 45.7 Å². The zero-order chi connectivity index (χ0) is 15.4. The van der Waals surface area contributed by atoms with Crippen LogP contribution in [0.5, 0.6) is 0 Å². The molecule has 1 rings (SSSR count). The van der Waals surface area contributed by atoms with Crippen LogP contribution in [0.1, 0.15) is 26.7 Å². The van der Waals surface area contributed by atoms with Gasteiger partial charge in [-0.2, -0.15) is 30.6 Å². The van der Waals surface area contributed by atoms with Crippen LogP contribution in [0.2, 0.25) is 0 Å². The molecule has 0 aromatic carbocycles. The predicted octanol–water partition coefficient (Wildman–Crippen LogP) is 1.09. The Kier molecular flexibility index (Phi) is 6.24. The van der Waals surface area contributed by atoms with Crippen LogP contribution in [0.4, 0.5) is 13.2 Å². The number of hydrogen-bond acceptors (Lipinski definition) is 3. The molecule has 5 nitrogen and oxygen atoms in total. The molecule has 0 bridgehead atoms. The van der Waals surface area contributed by atoms with Crippen molar-refractivity contribution in [3.63, 3.8) is 0 Å². The molecule has 1 heterocycles. The minimum absolute atomic E-state index is 0.182. The standard InChI is InChI=1S/C11H22F3N3O2S/c1-9(2)17(7-10-3-5-15-6-4-10)20(18,19)16-8-11(12,13)14/h9-10,15-16H,3-8H2,1-2H3. The van der Waals surface area contributed by atoms with E-state index < -0.39 is 22.9 Å². The average molecular weight is 317 g/mol.